The molecule has 140 valence electrons. The maximum atomic E-state index is 11.6. The smallest absolute Gasteiger partial charge is 0.426 e. The summed E-state index contributed by atoms with van der Waals surface area (Å²) in [5, 5.41) is 12.8. The standard InChI is InChI=1S/C16H29NO7/c1-8-10-11-22-16(23-12(3)4,24-13(5)18)14(17-19)15(6,20-7)21-9-2/h19H,3,8-11H2,1-2,4-7H3. The summed E-state index contributed by atoms with van der Waals surface area (Å²) in [5.74, 6) is -4.23. The van der Waals surface area contributed by atoms with Crippen LogP contribution in [0.3, 0.4) is 0 Å². The summed E-state index contributed by atoms with van der Waals surface area (Å²) in [7, 11) is 1.35. The molecule has 2 unspecified atom stereocenters. The van der Waals surface area contributed by atoms with Crippen molar-refractivity contribution in [3.05, 3.63) is 12.3 Å². The number of unbranched alkanes of at least 4 members (excludes halogenated alkanes) is 1. The number of hydrogen-bond acceptors (Lipinski definition) is 8. The van der Waals surface area contributed by atoms with Crippen molar-refractivity contribution < 1.29 is 33.7 Å². The number of methoxy groups -OCH3 is 1. The minimum Gasteiger partial charge on any atom is -0.430 e. The van der Waals surface area contributed by atoms with E-state index in [9.17, 15) is 10.0 Å². The van der Waals surface area contributed by atoms with Gasteiger partial charge < -0.3 is 28.9 Å². The molecule has 0 bridgehead atoms. The maximum absolute atomic E-state index is 11.6. The van der Waals surface area contributed by atoms with Crippen LogP contribution in [0.2, 0.25) is 0 Å². The van der Waals surface area contributed by atoms with Crippen LogP contribution < -0.4 is 0 Å². The molecule has 2 atom stereocenters. The lowest BCUT2D eigenvalue weighted by atomic mass is 10.1. The van der Waals surface area contributed by atoms with Crippen molar-refractivity contribution in [2.75, 3.05) is 20.3 Å². The molecule has 0 heterocycles. The molecular formula is C16H29NO7. The number of esters is 1. The Morgan fingerprint density at radius 1 is 1.21 bits per heavy atom. The van der Waals surface area contributed by atoms with Crippen LogP contribution in [0.4, 0.5) is 0 Å². The van der Waals surface area contributed by atoms with Gasteiger partial charge in [0.25, 0.3) is 0 Å². The molecule has 0 spiro atoms. The Bertz CT molecular complexity index is 434. The molecule has 8 nitrogen and oxygen atoms in total. The Kier molecular flexibility index (Phi) is 9.57. The molecule has 0 aliphatic rings. The number of carbonyl (C=O) groups excluding carboxylic acids is 1. The van der Waals surface area contributed by atoms with E-state index in [-0.39, 0.29) is 24.7 Å². The van der Waals surface area contributed by atoms with Crippen molar-refractivity contribution >= 4 is 11.7 Å². The van der Waals surface area contributed by atoms with Gasteiger partial charge in [0.1, 0.15) is 0 Å². The van der Waals surface area contributed by atoms with Crippen LogP contribution in [0.1, 0.15) is 47.5 Å². The quantitative estimate of drug-likeness (QED) is 0.110. The van der Waals surface area contributed by atoms with Gasteiger partial charge in [-0.25, -0.2) is 0 Å². The first-order valence-electron chi connectivity index (χ1n) is 7.81. The zero-order valence-corrected chi connectivity index (χ0v) is 15.4. The van der Waals surface area contributed by atoms with Gasteiger partial charge >= 0.3 is 11.9 Å². The largest absolute Gasteiger partial charge is 0.430 e. The average Bonchev–Trinajstić information content (AvgIpc) is 2.46. The summed E-state index contributed by atoms with van der Waals surface area (Å²) in [6, 6.07) is 0. The van der Waals surface area contributed by atoms with E-state index in [4.69, 9.17) is 23.7 Å². The molecule has 0 saturated carbocycles. The van der Waals surface area contributed by atoms with Crippen molar-refractivity contribution in [2.24, 2.45) is 5.16 Å². The fourth-order valence-corrected chi connectivity index (χ4v) is 1.94. The van der Waals surface area contributed by atoms with Crippen molar-refractivity contribution in [3.8, 4) is 0 Å². The summed E-state index contributed by atoms with van der Waals surface area (Å²) in [6.07, 6.45) is 1.50. The van der Waals surface area contributed by atoms with E-state index < -0.39 is 17.7 Å². The van der Waals surface area contributed by atoms with Gasteiger partial charge in [0.05, 0.1) is 12.4 Å². The molecule has 0 aromatic rings. The second-order valence-electron chi connectivity index (χ2n) is 5.19. The van der Waals surface area contributed by atoms with Crippen molar-refractivity contribution in [1.82, 2.24) is 0 Å². The van der Waals surface area contributed by atoms with Gasteiger partial charge in [-0.1, -0.05) is 25.1 Å². The Morgan fingerprint density at radius 3 is 2.21 bits per heavy atom. The van der Waals surface area contributed by atoms with Gasteiger partial charge in [-0.2, -0.15) is 0 Å². The van der Waals surface area contributed by atoms with Gasteiger partial charge in [-0.15, -0.1) is 0 Å². The van der Waals surface area contributed by atoms with Crippen LogP contribution in [-0.4, -0.2) is 49.0 Å². The van der Waals surface area contributed by atoms with Crippen LogP contribution in [0.25, 0.3) is 0 Å². The third-order valence-corrected chi connectivity index (χ3v) is 3.01. The van der Waals surface area contributed by atoms with Crippen LogP contribution in [0, 0.1) is 0 Å². The highest BCUT2D eigenvalue weighted by Gasteiger charge is 2.55. The van der Waals surface area contributed by atoms with E-state index in [1.807, 2.05) is 6.92 Å². The summed E-state index contributed by atoms with van der Waals surface area (Å²) >= 11 is 0. The van der Waals surface area contributed by atoms with E-state index in [0.717, 1.165) is 6.42 Å². The molecule has 0 aliphatic heterocycles. The summed E-state index contributed by atoms with van der Waals surface area (Å²) in [5.41, 5.74) is -0.298. The summed E-state index contributed by atoms with van der Waals surface area (Å²) in [6.45, 7) is 12.0. The Balaban J connectivity index is 6.05. The monoisotopic (exact) mass is 347 g/mol. The molecule has 0 aromatic heterocycles. The minimum absolute atomic E-state index is 0.183. The highest BCUT2D eigenvalue weighted by Crippen LogP contribution is 2.30. The third kappa shape index (κ3) is 6.10. The molecular weight excluding hydrogens is 318 g/mol. The topological polar surface area (TPSA) is 95.8 Å². The molecule has 0 amide bonds. The van der Waals surface area contributed by atoms with Gasteiger partial charge in [0.15, 0.2) is 0 Å². The van der Waals surface area contributed by atoms with E-state index in [0.29, 0.717) is 6.42 Å². The number of nitrogens with zero attached hydrogens (tertiary/aromatic N) is 1. The maximum Gasteiger partial charge on any atom is 0.426 e. The molecule has 0 fully saturated rings. The van der Waals surface area contributed by atoms with E-state index in [1.54, 1.807) is 13.8 Å². The van der Waals surface area contributed by atoms with Crippen molar-refractivity contribution in [1.29, 1.82) is 0 Å². The molecule has 0 rings (SSSR count). The normalized spacial score (nSPS) is 16.8. The second kappa shape index (κ2) is 10.3. The fraction of sp³-hybridized carbons (Fsp3) is 0.750. The SMILES string of the molecule is C=C(C)OC(OCCCC)(OC(C)=O)C(=NO)C(C)(OC)OCC. The molecule has 0 aliphatic carbocycles. The molecule has 24 heavy (non-hydrogen) atoms. The van der Waals surface area contributed by atoms with Crippen LogP contribution in [0.5, 0.6) is 0 Å². The highest BCUT2D eigenvalue weighted by atomic mass is 16.9. The fourth-order valence-electron chi connectivity index (χ4n) is 1.94. The number of allylic oxidation sites excluding steroid dienone is 1. The number of rotatable bonds is 12. The summed E-state index contributed by atoms with van der Waals surface area (Å²) < 4.78 is 27.3. The minimum atomic E-state index is -2.15. The first-order chi connectivity index (χ1) is 11.2. The first kappa shape index (κ1) is 22.4. The lowest BCUT2D eigenvalue weighted by molar-refractivity contribution is -0.315. The van der Waals surface area contributed by atoms with Gasteiger partial charge in [0.2, 0.25) is 11.5 Å². The average molecular weight is 347 g/mol. The van der Waals surface area contributed by atoms with E-state index in [2.05, 4.69) is 11.7 Å². The lowest BCUT2D eigenvalue weighted by Crippen LogP contribution is -2.58. The Hall–Kier alpha value is -1.64. The van der Waals surface area contributed by atoms with Crippen molar-refractivity contribution in [2.45, 2.75) is 59.2 Å². The van der Waals surface area contributed by atoms with Crippen LogP contribution in [-0.2, 0) is 28.5 Å². The lowest BCUT2D eigenvalue weighted by Gasteiger charge is -2.38. The molecule has 0 radical (unpaired) electrons. The highest BCUT2D eigenvalue weighted by molar-refractivity contribution is 5.97. The number of carbonyl (C=O) groups is 1. The van der Waals surface area contributed by atoms with E-state index >= 15 is 0 Å². The predicted octanol–water partition coefficient (Wildman–Crippen LogP) is 2.80. The van der Waals surface area contributed by atoms with Crippen LogP contribution in [0.15, 0.2) is 17.5 Å². The summed E-state index contributed by atoms with van der Waals surface area (Å²) in [4.78, 5) is 11.6. The number of oxime groups is 1. The van der Waals surface area contributed by atoms with E-state index in [1.165, 1.54) is 21.0 Å². The van der Waals surface area contributed by atoms with Crippen molar-refractivity contribution in [3.63, 3.8) is 0 Å². The molecule has 1 N–H and O–H groups in total. The van der Waals surface area contributed by atoms with Crippen LogP contribution >= 0.6 is 0 Å². The second-order valence-corrected chi connectivity index (χ2v) is 5.19. The predicted molar refractivity (Wildman–Crippen MR) is 87.5 cm³/mol. The van der Waals surface area contributed by atoms with Gasteiger partial charge in [-0.05, 0) is 27.2 Å². The number of hydrogen-bond donors (Lipinski definition) is 1. The molecule has 0 saturated heterocycles. The zero-order valence-electron chi connectivity index (χ0n) is 15.4. The first-order valence-corrected chi connectivity index (χ1v) is 7.81. The zero-order chi connectivity index (χ0) is 18.8. The Labute approximate surface area is 143 Å². The molecule has 0 aromatic carbocycles. The molecule has 8 heteroatoms. The van der Waals surface area contributed by atoms with Gasteiger partial charge in [-0.3, -0.25) is 4.79 Å². The van der Waals surface area contributed by atoms with Gasteiger partial charge in [0, 0.05) is 20.6 Å². The Morgan fingerprint density at radius 2 is 1.83 bits per heavy atom. The number of ether oxygens (including phenoxy) is 5. The third-order valence-electron chi connectivity index (χ3n) is 3.01.